The number of carbonyl (C=O) groups is 1. The van der Waals surface area contributed by atoms with Gasteiger partial charge >= 0.3 is 0 Å². The topological polar surface area (TPSA) is 70.0 Å². The Morgan fingerprint density at radius 3 is 2.50 bits per heavy atom. The van der Waals surface area contributed by atoms with Gasteiger partial charge in [0, 0.05) is 24.7 Å². The molecule has 5 nitrogen and oxygen atoms in total. The van der Waals surface area contributed by atoms with Gasteiger partial charge in [-0.2, -0.15) is 0 Å². The van der Waals surface area contributed by atoms with E-state index < -0.39 is 0 Å². The van der Waals surface area contributed by atoms with Crippen LogP contribution in [0, 0.1) is 12.7 Å². The van der Waals surface area contributed by atoms with Crippen molar-refractivity contribution in [1.82, 2.24) is 4.90 Å². The van der Waals surface area contributed by atoms with Crippen LogP contribution in [0.4, 0.5) is 4.39 Å². The standard InChI is InChI=1S/C24H22FNO4/c1-15-20(27)12-21(28)22(23(15)30-14-16-6-8-19(25)9-7-16)24(29)26-11-10-17-4-2-3-5-18(17)13-26/h2-9,12,27-28H,10-11,13-14H2,1H3. The molecule has 30 heavy (non-hydrogen) atoms. The van der Waals surface area contributed by atoms with Crippen LogP contribution in [-0.2, 0) is 19.6 Å². The molecule has 0 saturated heterocycles. The lowest BCUT2D eigenvalue weighted by Gasteiger charge is -2.30. The molecule has 1 heterocycles. The number of phenolic OH excluding ortho intramolecular Hbond substituents is 2. The van der Waals surface area contributed by atoms with Gasteiger partial charge in [0.25, 0.3) is 5.91 Å². The minimum Gasteiger partial charge on any atom is -0.507 e. The molecular formula is C24H22FNO4. The van der Waals surface area contributed by atoms with Crippen LogP contribution in [0.25, 0.3) is 0 Å². The van der Waals surface area contributed by atoms with E-state index in [-0.39, 0.29) is 41.1 Å². The third-order valence-corrected chi connectivity index (χ3v) is 5.41. The van der Waals surface area contributed by atoms with Crippen molar-refractivity contribution in [3.8, 4) is 17.2 Å². The van der Waals surface area contributed by atoms with Crippen molar-refractivity contribution >= 4 is 5.91 Å². The Balaban J connectivity index is 1.64. The predicted molar refractivity (Wildman–Crippen MR) is 110 cm³/mol. The van der Waals surface area contributed by atoms with Gasteiger partial charge in [0.05, 0.1) is 0 Å². The molecule has 0 fully saturated rings. The van der Waals surface area contributed by atoms with Crippen molar-refractivity contribution < 1.29 is 24.1 Å². The molecule has 6 heteroatoms. The van der Waals surface area contributed by atoms with Crippen molar-refractivity contribution in [2.24, 2.45) is 0 Å². The molecule has 1 amide bonds. The molecule has 3 aromatic carbocycles. The van der Waals surface area contributed by atoms with Gasteiger partial charge in [-0.25, -0.2) is 4.39 Å². The number of halogens is 1. The van der Waals surface area contributed by atoms with Crippen LogP contribution in [0.5, 0.6) is 17.2 Å². The Hall–Kier alpha value is -3.54. The van der Waals surface area contributed by atoms with E-state index in [1.54, 1.807) is 24.0 Å². The monoisotopic (exact) mass is 407 g/mol. The van der Waals surface area contributed by atoms with Gasteiger partial charge < -0.3 is 19.8 Å². The molecule has 1 aliphatic heterocycles. The van der Waals surface area contributed by atoms with E-state index in [0.717, 1.165) is 18.1 Å². The van der Waals surface area contributed by atoms with Crippen molar-refractivity contribution in [3.63, 3.8) is 0 Å². The molecule has 154 valence electrons. The highest BCUT2D eigenvalue weighted by molar-refractivity contribution is 6.00. The summed E-state index contributed by atoms with van der Waals surface area (Å²) in [5.41, 5.74) is 3.35. The summed E-state index contributed by atoms with van der Waals surface area (Å²) in [5.74, 6) is -1.09. The average Bonchev–Trinajstić information content (AvgIpc) is 2.75. The lowest BCUT2D eigenvalue weighted by Crippen LogP contribution is -2.36. The smallest absolute Gasteiger partial charge is 0.261 e. The van der Waals surface area contributed by atoms with Crippen LogP contribution >= 0.6 is 0 Å². The second-order valence-corrected chi connectivity index (χ2v) is 7.40. The lowest BCUT2D eigenvalue weighted by atomic mass is 9.98. The molecule has 3 aromatic rings. The minimum atomic E-state index is -0.362. The Morgan fingerprint density at radius 1 is 1.07 bits per heavy atom. The number of carbonyl (C=O) groups excluding carboxylic acids is 1. The van der Waals surface area contributed by atoms with E-state index >= 15 is 0 Å². The third-order valence-electron chi connectivity index (χ3n) is 5.41. The van der Waals surface area contributed by atoms with E-state index in [2.05, 4.69) is 6.07 Å². The molecule has 0 saturated carbocycles. The molecule has 0 aliphatic carbocycles. The Labute approximate surface area is 174 Å². The maximum Gasteiger partial charge on any atom is 0.261 e. The minimum absolute atomic E-state index is 0.0202. The zero-order chi connectivity index (χ0) is 21.3. The molecule has 0 atom stereocenters. The predicted octanol–water partition coefficient (Wildman–Crippen LogP) is 4.32. The summed E-state index contributed by atoms with van der Waals surface area (Å²) >= 11 is 0. The average molecular weight is 407 g/mol. The SMILES string of the molecule is Cc1c(O)cc(O)c(C(=O)N2CCc3ccccc3C2)c1OCc1ccc(F)cc1. The Bertz CT molecular complexity index is 1100. The molecule has 0 radical (unpaired) electrons. The highest BCUT2D eigenvalue weighted by Crippen LogP contribution is 2.39. The van der Waals surface area contributed by atoms with Gasteiger partial charge in [0.2, 0.25) is 0 Å². The number of nitrogens with zero attached hydrogens (tertiary/aromatic N) is 1. The summed E-state index contributed by atoms with van der Waals surface area (Å²) in [4.78, 5) is 15.0. The number of amides is 1. The first kappa shape index (κ1) is 19.8. The van der Waals surface area contributed by atoms with Crippen LogP contribution in [0.1, 0.15) is 32.6 Å². The molecule has 2 N–H and O–H groups in total. The van der Waals surface area contributed by atoms with Crippen LogP contribution in [0.3, 0.4) is 0 Å². The highest BCUT2D eigenvalue weighted by atomic mass is 19.1. The normalized spacial score (nSPS) is 13.1. The fourth-order valence-corrected chi connectivity index (χ4v) is 3.68. The first-order chi connectivity index (χ1) is 14.4. The number of aromatic hydroxyl groups is 2. The second kappa shape index (κ2) is 8.06. The van der Waals surface area contributed by atoms with Gasteiger partial charge in [-0.3, -0.25) is 4.79 Å². The number of benzene rings is 3. The number of hydrogen-bond donors (Lipinski definition) is 2. The first-order valence-electron chi connectivity index (χ1n) is 9.73. The van der Waals surface area contributed by atoms with Crippen molar-refractivity contribution in [2.75, 3.05) is 6.54 Å². The van der Waals surface area contributed by atoms with Crippen LogP contribution in [-0.4, -0.2) is 27.6 Å². The fraction of sp³-hybridized carbons (Fsp3) is 0.208. The summed E-state index contributed by atoms with van der Waals surface area (Å²) in [6.45, 7) is 2.64. The van der Waals surface area contributed by atoms with Gasteiger partial charge in [-0.15, -0.1) is 0 Å². The van der Waals surface area contributed by atoms with Gasteiger partial charge in [0.1, 0.15) is 35.2 Å². The molecule has 0 aromatic heterocycles. The second-order valence-electron chi connectivity index (χ2n) is 7.40. The van der Waals surface area contributed by atoms with Gasteiger partial charge in [0.15, 0.2) is 0 Å². The maximum atomic E-state index is 13.3. The molecular weight excluding hydrogens is 385 g/mol. The molecule has 4 rings (SSSR count). The number of hydrogen-bond acceptors (Lipinski definition) is 4. The summed E-state index contributed by atoms with van der Waals surface area (Å²) in [6.07, 6.45) is 0.728. The van der Waals surface area contributed by atoms with E-state index in [1.807, 2.05) is 18.2 Å². The van der Waals surface area contributed by atoms with Crippen molar-refractivity contribution in [3.05, 3.63) is 88.2 Å². The number of ether oxygens (including phenoxy) is 1. The van der Waals surface area contributed by atoms with E-state index in [9.17, 15) is 19.4 Å². The van der Waals surface area contributed by atoms with Gasteiger partial charge in [-0.05, 0) is 42.2 Å². The first-order valence-corrected chi connectivity index (χ1v) is 9.73. The van der Waals surface area contributed by atoms with Crippen LogP contribution in [0.15, 0.2) is 54.6 Å². The highest BCUT2D eigenvalue weighted by Gasteiger charge is 2.29. The van der Waals surface area contributed by atoms with Crippen molar-refractivity contribution in [1.29, 1.82) is 0 Å². The molecule has 0 spiro atoms. The lowest BCUT2D eigenvalue weighted by molar-refractivity contribution is 0.0726. The third kappa shape index (κ3) is 3.81. The van der Waals surface area contributed by atoms with E-state index in [0.29, 0.717) is 24.2 Å². The zero-order valence-electron chi connectivity index (χ0n) is 16.6. The van der Waals surface area contributed by atoms with Crippen LogP contribution < -0.4 is 4.74 Å². The zero-order valence-corrected chi connectivity index (χ0v) is 16.6. The number of phenols is 2. The fourth-order valence-electron chi connectivity index (χ4n) is 3.68. The molecule has 1 aliphatic rings. The Kier molecular flexibility index (Phi) is 5.31. The quantitative estimate of drug-likeness (QED) is 0.676. The van der Waals surface area contributed by atoms with Crippen molar-refractivity contribution in [2.45, 2.75) is 26.5 Å². The van der Waals surface area contributed by atoms with E-state index in [4.69, 9.17) is 4.74 Å². The summed E-state index contributed by atoms with van der Waals surface area (Å²) < 4.78 is 19.0. The van der Waals surface area contributed by atoms with Crippen LogP contribution in [0.2, 0.25) is 0 Å². The number of fused-ring (bicyclic) bond motifs is 1. The van der Waals surface area contributed by atoms with E-state index in [1.165, 1.54) is 17.7 Å². The Morgan fingerprint density at radius 2 is 1.77 bits per heavy atom. The largest absolute Gasteiger partial charge is 0.507 e. The number of rotatable bonds is 4. The molecule has 0 unspecified atom stereocenters. The molecule has 0 bridgehead atoms. The summed E-state index contributed by atoms with van der Waals surface area (Å²) in [7, 11) is 0. The summed E-state index contributed by atoms with van der Waals surface area (Å²) in [5, 5.41) is 20.6. The maximum absolute atomic E-state index is 13.3. The summed E-state index contributed by atoms with van der Waals surface area (Å²) in [6, 6.07) is 14.9. The van der Waals surface area contributed by atoms with Gasteiger partial charge in [-0.1, -0.05) is 36.4 Å².